The third-order valence-electron chi connectivity index (χ3n) is 4.65. The second-order valence-electron chi connectivity index (χ2n) is 5.71. The number of methoxy groups -OCH3 is 1. The molecule has 3 aliphatic rings. The van der Waals surface area contributed by atoms with Crippen LogP contribution in [0.4, 0.5) is 0 Å². The van der Waals surface area contributed by atoms with E-state index in [4.69, 9.17) is 4.74 Å². The van der Waals surface area contributed by atoms with Gasteiger partial charge in [0.25, 0.3) is 0 Å². The number of nitrogens with one attached hydrogen (secondary N) is 1. The molecule has 3 rings (SSSR count). The van der Waals surface area contributed by atoms with E-state index in [0.717, 1.165) is 25.4 Å². The average Bonchev–Trinajstić information content (AvgIpc) is 2.71. The first-order valence-electron chi connectivity index (χ1n) is 6.85. The molecule has 3 fully saturated rings. The molecule has 4 nitrogen and oxygen atoms in total. The number of hydrogen-bond donors (Lipinski definition) is 1. The third-order valence-corrected chi connectivity index (χ3v) is 4.65. The van der Waals surface area contributed by atoms with Crippen LogP contribution in [-0.2, 0) is 9.53 Å². The van der Waals surface area contributed by atoms with Gasteiger partial charge >= 0.3 is 0 Å². The summed E-state index contributed by atoms with van der Waals surface area (Å²) >= 11 is 0. The standard InChI is InChI=1S/C13H22N2O2/c1-17-10-7-15(8-10)13(16)12-6-9-4-2-3-5-11(9)14-12/h9-12,14H,2-8H2,1H3. The van der Waals surface area contributed by atoms with Crippen molar-refractivity contribution in [2.45, 2.75) is 50.3 Å². The fourth-order valence-corrected chi connectivity index (χ4v) is 3.50. The van der Waals surface area contributed by atoms with Gasteiger partial charge in [0.2, 0.25) is 5.91 Å². The Kier molecular flexibility index (Phi) is 3.09. The predicted molar refractivity (Wildman–Crippen MR) is 64.7 cm³/mol. The van der Waals surface area contributed by atoms with Crippen molar-refractivity contribution in [1.29, 1.82) is 0 Å². The fourth-order valence-electron chi connectivity index (χ4n) is 3.50. The van der Waals surface area contributed by atoms with Crippen molar-refractivity contribution in [3.8, 4) is 0 Å². The van der Waals surface area contributed by atoms with Gasteiger partial charge < -0.3 is 15.0 Å². The zero-order valence-corrected chi connectivity index (χ0v) is 10.5. The second-order valence-corrected chi connectivity index (χ2v) is 5.71. The lowest BCUT2D eigenvalue weighted by molar-refractivity contribution is -0.145. The first-order valence-corrected chi connectivity index (χ1v) is 6.85. The van der Waals surface area contributed by atoms with Crippen molar-refractivity contribution in [2.75, 3.05) is 20.2 Å². The molecule has 2 heterocycles. The third kappa shape index (κ3) is 2.08. The van der Waals surface area contributed by atoms with Gasteiger partial charge in [0.15, 0.2) is 0 Å². The second kappa shape index (κ2) is 4.58. The Hall–Kier alpha value is -0.610. The van der Waals surface area contributed by atoms with Gasteiger partial charge in [0.05, 0.1) is 12.1 Å². The zero-order chi connectivity index (χ0) is 11.8. The van der Waals surface area contributed by atoms with E-state index in [9.17, 15) is 4.79 Å². The number of rotatable bonds is 2. The Bertz CT molecular complexity index is 288. The largest absolute Gasteiger partial charge is 0.378 e. The molecular formula is C13H22N2O2. The summed E-state index contributed by atoms with van der Waals surface area (Å²) < 4.78 is 5.21. The molecule has 0 aromatic heterocycles. The van der Waals surface area contributed by atoms with Crippen LogP contribution in [0.25, 0.3) is 0 Å². The summed E-state index contributed by atoms with van der Waals surface area (Å²) in [4.78, 5) is 14.2. The van der Waals surface area contributed by atoms with Crippen LogP contribution in [0, 0.1) is 5.92 Å². The van der Waals surface area contributed by atoms with E-state index in [2.05, 4.69) is 5.32 Å². The summed E-state index contributed by atoms with van der Waals surface area (Å²) in [6.07, 6.45) is 6.56. The Labute approximate surface area is 103 Å². The smallest absolute Gasteiger partial charge is 0.239 e. The molecule has 1 amide bonds. The highest BCUT2D eigenvalue weighted by Crippen LogP contribution is 2.34. The van der Waals surface area contributed by atoms with Crippen molar-refractivity contribution in [3.05, 3.63) is 0 Å². The van der Waals surface area contributed by atoms with Gasteiger partial charge in [-0.25, -0.2) is 0 Å². The summed E-state index contributed by atoms with van der Waals surface area (Å²) in [6.45, 7) is 1.56. The van der Waals surface area contributed by atoms with Crippen LogP contribution in [-0.4, -0.2) is 49.2 Å². The molecule has 3 atom stereocenters. The van der Waals surface area contributed by atoms with Crippen LogP contribution in [0.2, 0.25) is 0 Å². The minimum absolute atomic E-state index is 0.0842. The van der Waals surface area contributed by atoms with Crippen molar-refractivity contribution in [2.24, 2.45) is 5.92 Å². The van der Waals surface area contributed by atoms with E-state index in [0.29, 0.717) is 11.9 Å². The summed E-state index contributed by atoms with van der Waals surface area (Å²) in [7, 11) is 1.72. The molecule has 1 N–H and O–H groups in total. The fraction of sp³-hybridized carbons (Fsp3) is 0.923. The highest BCUT2D eigenvalue weighted by Gasteiger charge is 2.42. The van der Waals surface area contributed by atoms with Crippen LogP contribution in [0.1, 0.15) is 32.1 Å². The topological polar surface area (TPSA) is 41.6 Å². The maximum absolute atomic E-state index is 12.2. The number of carbonyl (C=O) groups is 1. The molecule has 17 heavy (non-hydrogen) atoms. The van der Waals surface area contributed by atoms with E-state index in [1.54, 1.807) is 7.11 Å². The lowest BCUT2D eigenvalue weighted by atomic mass is 9.85. The van der Waals surface area contributed by atoms with Gasteiger partial charge in [-0.05, 0) is 25.2 Å². The molecule has 0 aromatic rings. The number of nitrogens with zero attached hydrogens (tertiary/aromatic N) is 1. The summed E-state index contributed by atoms with van der Waals surface area (Å²) in [5.41, 5.74) is 0. The lowest BCUT2D eigenvalue weighted by Gasteiger charge is -2.39. The van der Waals surface area contributed by atoms with Crippen molar-refractivity contribution in [1.82, 2.24) is 10.2 Å². The van der Waals surface area contributed by atoms with Crippen molar-refractivity contribution in [3.63, 3.8) is 0 Å². The molecule has 4 heteroatoms. The zero-order valence-electron chi connectivity index (χ0n) is 10.5. The van der Waals surface area contributed by atoms with E-state index >= 15 is 0 Å². The molecule has 0 radical (unpaired) electrons. The van der Waals surface area contributed by atoms with Crippen molar-refractivity contribution >= 4 is 5.91 Å². The average molecular weight is 238 g/mol. The summed E-state index contributed by atoms with van der Waals surface area (Å²) in [5, 5.41) is 3.54. The quantitative estimate of drug-likeness (QED) is 0.772. The van der Waals surface area contributed by atoms with E-state index in [1.807, 2.05) is 4.90 Å². The molecule has 1 saturated carbocycles. The summed E-state index contributed by atoms with van der Waals surface area (Å²) in [5.74, 6) is 1.05. The monoisotopic (exact) mass is 238 g/mol. The number of hydrogen-bond acceptors (Lipinski definition) is 3. The molecule has 1 aliphatic carbocycles. The molecule has 0 aromatic carbocycles. The minimum Gasteiger partial charge on any atom is -0.378 e. The van der Waals surface area contributed by atoms with E-state index in [1.165, 1.54) is 25.7 Å². The van der Waals surface area contributed by atoms with Crippen molar-refractivity contribution < 1.29 is 9.53 Å². The Morgan fingerprint density at radius 1 is 1.29 bits per heavy atom. The van der Waals surface area contributed by atoms with Crippen LogP contribution >= 0.6 is 0 Å². The summed E-state index contributed by atoms with van der Waals surface area (Å²) in [6, 6.07) is 0.693. The maximum atomic E-state index is 12.2. The Morgan fingerprint density at radius 3 is 2.76 bits per heavy atom. The minimum atomic E-state index is 0.0842. The molecule has 0 bridgehead atoms. The number of amides is 1. The number of fused-ring (bicyclic) bond motifs is 1. The van der Waals surface area contributed by atoms with E-state index in [-0.39, 0.29) is 12.1 Å². The van der Waals surface area contributed by atoms with Gasteiger partial charge in [-0.2, -0.15) is 0 Å². The van der Waals surface area contributed by atoms with Crippen LogP contribution in [0.5, 0.6) is 0 Å². The normalized spacial score (nSPS) is 37.7. The number of ether oxygens (including phenoxy) is 1. The van der Waals surface area contributed by atoms with Crippen LogP contribution in [0.3, 0.4) is 0 Å². The highest BCUT2D eigenvalue weighted by molar-refractivity contribution is 5.83. The SMILES string of the molecule is COC1CN(C(=O)C2CC3CCCCC3N2)C1. The van der Waals surface area contributed by atoms with Gasteiger partial charge in [-0.1, -0.05) is 12.8 Å². The van der Waals surface area contributed by atoms with Gasteiger partial charge in [0.1, 0.15) is 0 Å². The molecule has 0 spiro atoms. The van der Waals surface area contributed by atoms with Crippen LogP contribution < -0.4 is 5.32 Å². The molecule has 3 unspecified atom stereocenters. The Balaban J connectivity index is 1.54. The molecule has 2 saturated heterocycles. The first kappa shape index (κ1) is 11.5. The maximum Gasteiger partial charge on any atom is 0.239 e. The molecular weight excluding hydrogens is 216 g/mol. The number of carbonyl (C=O) groups excluding carboxylic acids is 1. The van der Waals surface area contributed by atoms with Crippen LogP contribution in [0.15, 0.2) is 0 Å². The van der Waals surface area contributed by atoms with Gasteiger partial charge in [-0.15, -0.1) is 0 Å². The highest BCUT2D eigenvalue weighted by atomic mass is 16.5. The lowest BCUT2D eigenvalue weighted by Crippen LogP contribution is -2.58. The molecule has 96 valence electrons. The predicted octanol–water partition coefficient (Wildman–Crippen LogP) is 0.764. The van der Waals surface area contributed by atoms with Gasteiger partial charge in [0, 0.05) is 26.2 Å². The van der Waals surface area contributed by atoms with Gasteiger partial charge in [-0.3, -0.25) is 4.79 Å². The Morgan fingerprint density at radius 2 is 2.06 bits per heavy atom. The first-order chi connectivity index (χ1) is 8.28. The molecule has 2 aliphatic heterocycles. The number of likely N-dealkylation sites (tertiary alicyclic amines) is 1. The van der Waals surface area contributed by atoms with E-state index < -0.39 is 0 Å².